The van der Waals surface area contributed by atoms with Gasteiger partial charge in [0, 0.05) is 0 Å². The Hall–Kier alpha value is -2.57. The highest BCUT2D eigenvalue weighted by atomic mass is 16.5. The molecule has 0 saturated carbocycles. The Morgan fingerprint density at radius 2 is 1.94 bits per heavy atom. The van der Waals surface area contributed by atoms with Crippen LogP contribution in [0.5, 0.6) is 0 Å². The summed E-state index contributed by atoms with van der Waals surface area (Å²) < 4.78 is 4.55. The van der Waals surface area contributed by atoms with Gasteiger partial charge in [-0.05, 0) is 0 Å². The molecule has 0 aromatic carbocycles. The van der Waals surface area contributed by atoms with Gasteiger partial charge in [0.15, 0.2) is 5.69 Å². The summed E-state index contributed by atoms with van der Waals surface area (Å²) in [4.78, 5) is 26.8. The highest BCUT2D eigenvalue weighted by molar-refractivity contribution is 5.87. The SMILES string of the molecule is COC(=O)c1cncc(Nc2cncnc2)n1. The van der Waals surface area contributed by atoms with Gasteiger partial charge >= 0.3 is 5.97 Å². The molecule has 0 unspecified atom stereocenters. The Bertz CT molecular complexity index is 517. The van der Waals surface area contributed by atoms with E-state index in [2.05, 4.69) is 30.0 Å². The zero-order valence-corrected chi connectivity index (χ0v) is 8.99. The van der Waals surface area contributed by atoms with E-state index in [1.54, 1.807) is 12.4 Å². The van der Waals surface area contributed by atoms with Gasteiger partial charge in [0.2, 0.25) is 0 Å². The lowest BCUT2D eigenvalue weighted by Gasteiger charge is -2.04. The van der Waals surface area contributed by atoms with E-state index in [9.17, 15) is 4.79 Å². The first kappa shape index (κ1) is 10.9. The Labute approximate surface area is 96.9 Å². The molecular formula is C10H9N5O2. The Morgan fingerprint density at radius 3 is 2.65 bits per heavy atom. The number of hydrogen-bond acceptors (Lipinski definition) is 7. The molecule has 0 aliphatic carbocycles. The van der Waals surface area contributed by atoms with Crippen molar-refractivity contribution in [2.24, 2.45) is 0 Å². The Balaban J connectivity index is 2.20. The number of esters is 1. The Kier molecular flexibility index (Phi) is 3.20. The number of aromatic nitrogens is 4. The number of nitrogens with zero attached hydrogens (tertiary/aromatic N) is 4. The number of carbonyl (C=O) groups is 1. The summed E-state index contributed by atoms with van der Waals surface area (Å²) in [5.41, 5.74) is 0.790. The molecule has 0 amide bonds. The maximum absolute atomic E-state index is 11.2. The van der Waals surface area contributed by atoms with E-state index in [0.29, 0.717) is 11.5 Å². The summed E-state index contributed by atoms with van der Waals surface area (Å²) in [7, 11) is 1.29. The van der Waals surface area contributed by atoms with E-state index >= 15 is 0 Å². The molecule has 0 atom stereocenters. The van der Waals surface area contributed by atoms with Crippen LogP contribution in [0.25, 0.3) is 0 Å². The largest absolute Gasteiger partial charge is 0.464 e. The van der Waals surface area contributed by atoms with E-state index in [0.717, 1.165) is 0 Å². The van der Waals surface area contributed by atoms with Crippen LogP contribution in [-0.2, 0) is 4.74 Å². The molecule has 2 aromatic rings. The lowest BCUT2D eigenvalue weighted by Crippen LogP contribution is -2.06. The minimum absolute atomic E-state index is 0.134. The molecule has 0 saturated heterocycles. The summed E-state index contributed by atoms with van der Waals surface area (Å²) in [5, 5.41) is 2.92. The van der Waals surface area contributed by atoms with Gasteiger partial charge in [0.05, 0.1) is 37.6 Å². The predicted molar refractivity (Wildman–Crippen MR) is 58.7 cm³/mol. The Morgan fingerprint density at radius 1 is 1.18 bits per heavy atom. The molecule has 0 aliphatic rings. The molecule has 17 heavy (non-hydrogen) atoms. The predicted octanol–water partition coefficient (Wildman–Crippen LogP) is 0.797. The number of carbonyl (C=O) groups excluding carboxylic acids is 1. The van der Waals surface area contributed by atoms with Gasteiger partial charge in [-0.15, -0.1) is 0 Å². The number of ether oxygens (including phenoxy) is 1. The first-order chi connectivity index (χ1) is 8.29. The van der Waals surface area contributed by atoms with Crippen molar-refractivity contribution in [3.8, 4) is 0 Å². The standard InChI is InChI=1S/C10H9N5O2/c1-17-10(16)8-4-11-5-9(15-8)14-7-2-12-6-13-3-7/h2-6H,1H3,(H,14,15). The van der Waals surface area contributed by atoms with Crippen molar-refractivity contribution in [2.75, 3.05) is 12.4 Å². The molecule has 0 spiro atoms. The smallest absolute Gasteiger partial charge is 0.358 e. The number of nitrogens with one attached hydrogen (secondary N) is 1. The lowest BCUT2D eigenvalue weighted by atomic mass is 10.4. The molecule has 2 rings (SSSR count). The fourth-order valence-electron chi connectivity index (χ4n) is 1.14. The third kappa shape index (κ3) is 2.71. The molecule has 7 heteroatoms. The average Bonchev–Trinajstić information content (AvgIpc) is 2.39. The van der Waals surface area contributed by atoms with Gasteiger partial charge in [0.25, 0.3) is 0 Å². The van der Waals surface area contributed by atoms with Crippen LogP contribution in [0.3, 0.4) is 0 Å². The van der Waals surface area contributed by atoms with Crippen LogP contribution in [0.4, 0.5) is 11.5 Å². The van der Waals surface area contributed by atoms with Crippen molar-refractivity contribution in [2.45, 2.75) is 0 Å². The molecule has 0 aliphatic heterocycles. The lowest BCUT2D eigenvalue weighted by molar-refractivity contribution is 0.0593. The highest BCUT2D eigenvalue weighted by Crippen LogP contribution is 2.10. The molecular weight excluding hydrogens is 222 g/mol. The van der Waals surface area contributed by atoms with Gasteiger partial charge in [-0.3, -0.25) is 4.98 Å². The van der Waals surface area contributed by atoms with Crippen molar-refractivity contribution in [1.82, 2.24) is 19.9 Å². The number of methoxy groups -OCH3 is 1. The molecule has 1 N–H and O–H groups in total. The molecule has 0 fully saturated rings. The number of rotatable bonds is 3. The topological polar surface area (TPSA) is 89.9 Å². The van der Waals surface area contributed by atoms with E-state index in [4.69, 9.17) is 0 Å². The zero-order chi connectivity index (χ0) is 12.1. The van der Waals surface area contributed by atoms with Crippen molar-refractivity contribution >= 4 is 17.5 Å². The molecule has 86 valence electrons. The highest BCUT2D eigenvalue weighted by Gasteiger charge is 2.08. The maximum Gasteiger partial charge on any atom is 0.358 e. The third-order valence-corrected chi connectivity index (χ3v) is 1.86. The molecule has 2 aromatic heterocycles. The maximum atomic E-state index is 11.2. The fraction of sp³-hybridized carbons (Fsp3) is 0.100. The van der Waals surface area contributed by atoms with Crippen LogP contribution in [0.15, 0.2) is 31.1 Å². The van der Waals surface area contributed by atoms with Gasteiger partial charge in [-0.2, -0.15) is 0 Å². The second kappa shape index (κ2) is 4.97. The van der Waals surface area contributed by atoms with Crippen LogP contribution in [0, 0.1) is 0 Å². The van der Waals surface area contributed by atoms with Crippen LogP contribution < -0.4 is 5.32 Å². The molecule has 2 heterocycles. The normalized spacial score (nSPS) is 9.71. The van der Waals surface area contributed by atoms with E-state index < -0.39 is 5.97 Å². The monoisotopic (exact) mass is 231 g/mol. The molecule has 0 radical (unpaired) electrons. The van der Waals surface area contributed by atoms with Gasteiger partial charge in [-0.25, -0.2) is 19.7 Å². The number of hydrogen-bond donors (Lipinski definition) is 1. The third-order valence-electron chi connectivity index (χ3n) is 1.86. The molecule has 7 nitrogen and oxygen atoms in total. The number of anilines is 2. The second-order valence-electron chi connectivity index (χ2n) is 3.03. The van der Waals surface area contributed by atoms with Crippen LogP contribution >= 0.6 is 0 Å². The first-order valence-electron chi connectivity index (χ1n) is 4.72. The summed E-state index contributed by atoms with van der Waals surface area (Å²) >= 11 is 0. The van der Waals surface area contributed by atoms with Crippen LogP contribution in [0.1, 0.15) is 10.5 Å². The quantitative estimate of drug-likeness (QED) is 0.781. The van der Waals surface area contributed by atoms with Gasteiger partial charge < -0.3 is 10.1 Å². The van der Waals surface area contributed by atoms with E-state index in [-0.39, 0.29) is 5.69 Å². The van der Waals surface area contributed by atoms with E-state index in [1.807, 2.05) is 0 Å². The first-order valence-corrected chi connectivity index (χ1v) is 4.72. The van der Waals surface area contributed by atoms with Crippen LogP contribution in [0.2, 0.25) is 0 Å². The van der Waals surface area contributed by atoms with Crippen molar-refractivity contribution in [3.63, 3.8) is 0 Å². The zero-order valence-electron chi connectivity index (χ0n) is 8.99. The van der Waals surface area contributed by atoms with Crippen molar-refractivity contribution in [3.05, 3.63) is 36.8 Å². The minimum atomic E-state index is -0.537. The van der Waals surface area contributed by atoms with E-state index in [1.165, 1.54) is 25.8 Å². The van der Waals surface area contributed by atoms with Crippen LogP contribution in [-0.4, -0.2) is 33.0 Å². The summed E-state index contributed by atoms with van der Waals surface area (Å²) in [6.07, 6.45) is 7.40. The van der Waals surface area contributed by atoms with Gasteiger partial charge in [0.1, 0.15) is 12.1 Å². The summed E-state index contributed by atoms with van der Waals surface area (Å²) in [6.45, 7) is 0. The second-order valence-corrected chi connectivity index (χ2v) is 3.03. The summed E-state index contributed by atoms with van der Waals surface area (Å²) in [5.74, 6) is -0.117. The van der Waals surface area contributed by atoms with Gasteiger partial charge in [-0.1, -0.05) is 0 Å². The van der Waals surface area contributed by atoms with Crippen molar-refractivity contribution in [1.29, 1.82) is 0 Å². The minimum Gasteiger partial charge on any atom is -0.464 e. The summed E-state index contributed by atoms with van der Waals surface area (Å²) in [6, 6.07) is 0. The fourth-order valence-corrected chi connectivity index (χ4v) is 1.14. The molecule has 0 bridgehead atoms. The van der Waals surface area contributed by atoms with Crippen molar-refractivity contribution < 1.29 is 9.53 Å². The average molecular weight is 231 g/mol.